The number of nitrogens with zero attached hydrogens (tertiary/aromatic N) is 2. The molecule has 0 aliphatic carbocycles. The monoisotopic (exact) mass is 535 g/mol. The molecule has 2 N–H and O–H groups in total. The van der Waals surface area contributed by atoms with Crippen LogP contribution in [0.1, 0.15) is 16.7 Å². The number of hydrogen-bond acceptors (Lipinski definition) is 6. The molecule has 0 saturated heterocycles. The zero-order valence-corrected chi connectivity index (χ0v) is 21.2. The van der Waals surface area contributed by atoms with Gasteiger partial charge in [0.2, 0.25) is 10.0 Å². The largest absolute Gasteiger partial charge is 0.504 e. The Balaban J connectivity index is 1.83. The van der Waals surface area contributed by atoms with Crippen LogP contribution < -0.4 is 10.2 Å². The summed E-state index contributed by atoms with van der Waals surface area (Å²) in [7, 11) is -2.67. The molecule has 0 bridgehead atoms. The Hall–Kier alpha value is -3.11. The zero-order valence-electron chi connectivity index (χ0n) is 18.9. The van der Waals surface area contributed by atoms with E-state index in [1.807, 2.05) is 6.92 Å². The van der Waals surface area contributed by atoms with E-state index in [1.54, 1.807) is 36.4 Å². The second-order valence-electron chi connectivity index (χ2n) is 7.51. The van der Waals surface area contributed by atoms with Gasteiger partial charge in [-0.15, -0.1) is 0 Å². The van der Waals surface area contributed by atoms with E-state index < -0.39 is 22.5 Å². The van der Waals surface area contributed by atoms with Crippen LogP contribution >= 0.6 is 23.2 Å². The normalized spacial score (nSPS) is 11.7. The maximum Gasteiger partial charge on any atom is 0.255 e. The maximum absolute atomic E-state index is 13.4. The first kappa shape index (κ1) is 26.5. The summed E-state index contributed by atoms with van der Waals surface area (Å²) in [4.78, 5) is 12.7. The van der Waals surface area contributed by atoms with Crippen molar-refractivity contribution >= 4 is 45.3 Å². The van der Waals surface area contributed by atoms with Gasteiger partial charge in [0, 0.05) is 22.2 Å². The molecule has 3 rings (SSSR count). The number of aryl methyl sites for hydroxylation is 1. The number of carbonyl (C=O) groups excluding carboxylic acids is 1. The third kappa shape index (κ3) is 6.73. The molecule has 0 spiro atoms. The fraction of sp³-hybridized carbons (Fsp3) is 0.167. The molecule has 0 aromatic heterocycles. The summed E-state index contributed by atoms with van der Waals surface area (Å²) < 4.78 is 32.8. The van der Waals surface area contributed by atoms with Crippen LogP contribution in [-0.2, 0) is 21.4 Å². The van der Waals surface area contributed by atoms with Crippen LogP contribution in [0.2, 0.25) is 10.0 Å². The average molecular weight is 536 g/mol. The SMILES string of the molecule is COc1cc(/C=N\NC(=O)CN(Cc2c(Cl)cccc2Cl)S(=O)(=O)c2ccc(C)cc2)ccc1O. The summed E-state index contributed by atoms with van der Waals surface area (Å²) in [6.07, 6.45) is 1.34. The molecule has 0 saturated carbocycles. The number of hydrogen-bond donors (Lipinski definition) is 2. The molecule has 8 nitrogen and oxygen atoms in total. The lowest BCUT2D eigenvalue weighted by molar-refractivity contribution is -0.121. The first-order valence-corrected chi connectivity index (χ1v) is 12.5. The fourth-order valence-corrected chi connectivity index (χ4v) is 4.98. The molecule has 0 aliphatic rings. The van der Waals surface area contributed by atoms with Crippen LogP contribution in [0.25, 0.3) is 0 Å². The van der Waals surface area contributed by atoms with Crippen LogP contribution in [0.3, 0.4) is 0 Å². The number of phenols is 1. The van der Waals surface area contributed by atoms with Crippen molar-refractivity contribution in [3.63, 3.8) is 0 Å². The lowest BCUT2D eigenvalue weighted by atomic mass is 10.2. The molecule has 11 heteroatoms. The summed E-state index contributed by atoms with van der Waals surface area (Å²) in [6, 6.07) is 15.6. The minimum Gasteiger partial charge on any atom is -0.504 e. The number of amides is 1. The second kappa shape index (κ2) is 11.5. The molecule has 0 unspecified atom stereocenters. The Bertz CT molecular complexity index is 1330. The molecule has 0 radical (unpaired) electrons. The fourth-order valence-electron chi connectivity index (χ4n) is 3.09. The Kier molecular flexibility index (Phi) is 8.74. The van der Waals surface area contributed by atoms with Crippen molar-refractivity contribution in [2.45, 2.75) is 18.4 Å². The Morgan fingerprint density at radius 2 is 1.77 bits per heavy atom. The third-order valence-corrected chi connectivity index (χ3v) is 7.50. The topological polar surface area (TPSA) is 108 Å². The van der Waals surface area contributed by atoms with E-state index in [-0.39, 0.29) is 33.0 Å². The lowest BCUT2D eigenvalue weighted by Gasteiger charge is -2.22. The molecule has 3 aromatic rings. The van der Waals surface area contributed by atoms with Crippen molar-refractivity contribution in [1.82, 2.24) is 9.73 Å². The van der Waals surface area contributed by atoms with Gasteiger partial charge in [-0.3, -0.25) is 4.79 Å². The number of halogens is 2. The number of aromatic hydroxyl groups is 1. The number of methoxy groups -OCH3 is 1. The van der Waals surface area contributed by atoms with E-state index in [1.165, 1.54) is 37.6 Å². The molecule has 184 valence electrons. The maximum atomic E-state index is 13.4. The average Bonchev–Trinajstić information content (AvgIpc) is 2.82. The van der Waals surface area contributed by atoms with Crippen LogP contribution in [0.4, 0.5) is 0 Å². The highest BCUT2D eigenvalue weighted by Gasteiger charge is 2.28. The van der Waals surface area contributed by atoms with E-state index in [0.29, 0.717) is 11.1 Å². The predicted molar refractivity (Wildman–Crippen MR) is 136 cm³/mol. The first-order valence-electron chi connectivity index (χ1n) is 10.3. The molecule has 3 aromatic carbocycles. The highest BCUT2D eigenvalue weighted by Crippen LogP contribution is 2.28. The van der Waals surface area contributed by atoms with Crippen LogP contribution in [0, 0.1) is 6.92 Å². The Morgan fingerprint density at radius 1 is 1.11 bits per heavy atom. The highest BCUT2D eigenvalue weighted by molar-refractivity contribution is 7.89. The van der Waals surface area contributed by atoms with E-state index in [4.69, 9.17) is 27.9 Å². The second-order valence-corrected chi connectivity index (χ2v) is 10.3. The third-order valence-electron chi connectivity index (χ3n) is 4.98. The van der Waals surface area contributed by atoms with Crippen LogP contribution in [-0.4, -0.2) is 43.6 Å². The number of rotatable bonds is 9. The smallest absolute Gasteiger partial charge is 0.255 e. The minimum absolute atomic E-state index is 0.0266. The van der Waals surface area contributed by atoms with Crippen molar-refractivity contribution in [3.8, 4) is 11.5 Å². The van der Waals surface area contributed by atoms with Gasteiger partial charge < -0.3 is 9.84 Å². The van der Waals surface area contributed by atoms with Gasteiger partial charge in [0.05, 0.1) is 24.8 Å². The number of carbonyl (C=O) groups is 1. The van der Waals surface area contributed by atoms with Crippen molar-refractivity contribution in [3.05, 3.63) is 87.4 Å². The van der Waals surface area contributed by atoms with Gasteiger partial charge in [0.1, 0.15) is 0 Å². The number of benzene rings is 3. The number of phenolic OH excluding ortho intramolecular Hbond substituents is 1. The van der Waals surface area contributed by atoms with Crippen molar-refractivity contribution in [1.29, 1.82) is 0 Å². The molecule has 1 amide bonds. The predicted octanol–water partition coefficient (Wildman–Crippen LogP) is 4.36. The molecule has 0 fully saturated rings. The standard InChI is InChI=1S/C24H23Cl2N3O5S/c1-16-6-9-18(10-7-16)35(32,33)29(14-19-20(25)4-3-5-21(19)26)15-24(31)28-27-13-17-8-11-22(30)23(12-17)34-2/h3-13,30H,14-15H2,1-2H3,(H,28,31)/b27-13-. The van der Waals surface area contributed by atoms with Gasteiger partial charge in [-0.1, -0.05) is 47.0 Å². The molecular weight excluding hydrogens is 513 g/mol. The Labute approximate surface area is 213 Å². The van der Waals surface area contributed by atoms with Crippen molar-refractivity contribution < 1.29 is 23.1 Å². The van der Waals surface area contributed by atoms with E-state index >= 15 is 0 Å². The van der Waals surface area contributed by atoms with Crippen molar-refractivity contribution in [2.24, 2.45) is 5.10 Å². The number of sulfonamides is 1. The summed E-state index contributed by atoms with van der Waals surface area (Å²) in [5.74, 6) is -0.470. The molecule has 0 atom stereocenters. The number of hydrazone groups is 1. The quantitative estimate of drug-likeness (QED) is 0.312. The zero-order chi connectivity index (χ0) is 25.6. The van der Waals surface area contributed by atoms with Gasteiger partial charge in [-0.25, -0.2) is 13.8 Å². The molecular formula is C24H23Cl2N3O5S. The summed E-state index contributed by atoms with van der Waals surface area (Å²) in [5, 5.41) is 14.1. The first-order chi connectivity index (χ1) is 16.6. The Morgan fingerprint density at radius 3 is 2.40 bits per heavy atom. The molecule has 0 aliphatic heterocycles. The number of ether oxygens (including phenoxy) is 1. The van der Waals surface area contributed by atoms with Crippen LogP contribution in [0.15, 0.2) is 70.7 Å². The molecule has 35 heavy (non-hydrogen) atoms. The summed E-state index contributed by atoms with van der Waals surface area (Å²) >= 11 is 12.5. The van der Waals surface area contributed by atoms with Crippen LogP contribution in [0.5, 0.6) is 11.5 Å². The van der Waals surface area contributed by atoms with E-state index in [2.05, 4.69) is 10.5 Å². The highest BCUT2D eigenvalue weighted by atomic mass is 35.5. The molecule has 0 heterocycles. The lowest BCUT2D eigenvalue weighted by Crippen LogP contribution is -2.39. The van der Waals surface area contributed by atoms with E-state index in [0.717, 1.165) is 9.87 Å². The van der Waals surface area contributed by atoms with Gasteiger partial charge in [-0.05, 0) is 55.0 Å². The van der Waals surface area contributed by atoms with Crippen molar-refractivity contribution in [2.75, 3.05) is 13.7 Å². The minimum atomic E-state index is -4.08. The van der Waals surface area contributed by atoms with Gasteiger partial charge in [0.25, 0.3) is 5.91 Å². The summed E-state index contributed by atoms with van der Waals surface area (Å²) in [6.45, 7) is 1.09. The van der Waals surface area contributed by atoms with Gasteiger partial charge in [-0.2, -0.15) is 9.41 Å². The van der Waals surface area contributed by atoms with E-state index in [9.17, 15) is 18.3 Å². The van der Waals surface area contributed by atoms with Gasteiger partial charge >= 0.3 is 0 Å². The number of nitrogens with one attached hydrogen (secondary N) is 1. The van der Waals surface area contributed by atoms with Gasteiger partial charge in [0.15, 0.2) is 11.5 Å². The summed E-state index contributed by atoms with van der Waals surface area (Å²) in [5.41, 5.74) is 4.13.